The Morgan fingerprint density at radius 1 is 1.57 bits per heavy atom. The minimum atomic E-state index is -1.62. The number of rotatable bonds is 2. The monoisotopic (exact) mass is 215 g/mol. The van der Waals surface area contributed by atoms with Gasteiger partial charge in [-0.25, -0.2) is 4.79 Å². The maximum atomic E-state index is 10.8. The number of benzene rings is 1. The summed E-state index contributed by atoms with van der Waals surface area (Å²) in [5.41, 5.74) is 4.05. The number of phenolic OH excluding ortho intramolecular Hbond substituents is 1. The predicted molar refractivity (Wildman–Crippen MR) is 52.3 cm³/mol. The summed E-state index contributed by atoms with van der Waals surface area (Å²) < 4.78 is 0. The highest BCUT2D eigenvalue weighted by Gasteiger charge is 2.32. The SMILES string of the molecule is CC(N)(C(=O)O)c1ccc(Cl)cc1O. The van der Waals surface area contributed by atoms with Crippen LogP contribution < -0.4 is 5.73 Å². The zero-order valence-corrected chi connectivity index (χ0v) is 8.25. The van der Waals surface area contributed by atoms with E-state index in [0.717, 1.165) is 0 Å². The van der Waals surface area contributed by atoms with Crippen LogP contribution in [0.5, 0.6) is 5.75 Å². The molecule has 0 amide bonds. The van der Waals surface area contributed by atoms with E-state index in [9.17, 15) is 9.90 Å². The van der Waals surface area contributed by atoms with Crippen molar-refractivity contribution >= 4 is 17.6 Å². The molecule has 0 aliphatic carbocycles. The van der Waals surface area contributed by atoms with Crippen molar-refractivity contribution in [3.8, 4) is 5.75 Å². The fourth-order valence-corrected chi connectivity index (χ4v) is 1.23. The molecule has 0 aliphatic heterocycles. The number of halogens is 1. The molecule has 4 N–H and O–H groups in total. The molecule has 0 saturated carbocycles. The molecule has 0 fully saturated rings. The van der Waals surface area contributed by atoms with Crippen LogP contribution in [0.2, 0.25) is 5.02 Å². The van der Waals surface area contributed by atoms with Gasteiger partial charge >= 0.3 is 5.97 Å². The molecule has 0 radical (unpaired) electrons. The van der Waals surface area contributed by atoms with E-state index in [-0.39, 0.29) is 11.3 Å². The number of aliphatic carboxylic acids is 1. The summed E-state index contributed by atoms with van der Waals surface area (Å²) in [7, 11) is 0. The van der Waals surface area contributed by atoms with Crippen molar-refractivity contribution in [2.75, 3.05) is 0 Å². The minimum Gasteiger partial charge on any atom is -0.508 e. The van der Waals surface area contributed by atoms with Gasteiger partial charge in [-0.3, -0.25) is 0 Å². The second kappa shape index (κ2) is 3.48. The molecule has 0 saturated heterocycles. The lowest BCUT2D eigenvalue weighted by molar-refractivity contribution is -0.143. The molecule has 1 aromatic rings. The van der Waals surface area contributed by atoms with Crippen LogP contribution in [-0.2, 0) is 10.3 Å². The van der Waals surface area contributed by atoms with Crippen LogP contribution in [-0.4, -0.2) is 16.2 Å². The smallest absolute Gasteiger partial charge is 0.328 e. The molecule has 0 spiro atoms. The average Bonchev–Trinajstić information content (AvgIpc) is 2.02. The fourth-order valence-electron chi connectivity index (χ4n) is 1.06. The molecule has 76 valence electrons. The van der Waals surface area contributed by atoms with Crippen LogP contribution in [0.25, 0.3) is 0 Å². The summed E-state index contributed by atoms with van der Waals surface area (Å²) in [6.45, 7) is 1.30. The fraction of sp³-hybridized carbons (Fsp3) is 0.222. The first-order chi connectivity index (χ1) is 6.35. The number of nitrogens with two attached hydrogens (primary N) is 1. The van der Waals surface area contributed by atoms with Gasteiger partial charge in [-0.05, 0) is 19.1 Å². The maximum Gasteiger partial charge on any atom is 0.328 e. The molecule has 5 heteroatoms. The van der Waals surface area contributed by atoms with Gasteiger partial charge in [-0.15, -0.1) is 0 Å². The lowest BCUT2D eigenvalue weighted by Crippen LogP contribution is -2.41. The highest BCUT2D eigenvalue weighted by molar-refractivity contribution is 6.30. The van der Waals surface area contributed by atoms with E-state index in [4.69, 9.17) is 22.4 Å². The van der Waals surface area contributed by atoms with Gasteiger partial charge in [-0.1, -0.05) is 17.7 Å². The Bertz CT molecular complexity index is 376. The first-order valence-electron chi connectivity index (χ1n) is 3.87. The van der Waals surface area contributed by atoms with E-state index < -0.39 is 11.5 Å². The second-order valence-corrected chi connectivity index (χ2v) is 3.61. The van der Waals surface area contributed by atoms with Crippen molar-refractivity contribution in [3.63, 3.8) is 0 Å². The van der Waals surface area contributed by atoms with E-state index in [1.54, 1.807) is 0 Å². The molecule has 14 heavy (non-hydrogen) atoms. The van der Waals surface area contributed by atoms with Crippen molar-refractivity contribution in [3.05, 3.63) is 28.8 Å². The van der Waals surface area contributed by atoms with Gasteiger partial charge in [0.05, 0.1) is 0 Å². The van der Waals surface area contributed by atoms with Crippen molar-refractivity contribution in [1.82, 2.24) is 0 Å². The Kier molecular flexibility index (Phi) is 2.69. The van der Waals surface area contributed by atoms with Crippen molar-refractivity contribution in [2.24, 2.45) is 5.73 Å². The lowest BCUT2D eigenvalue weighted by Gasteiger charge is -2.20. The predicted octanol–water partition coefficient (Wildman–Crippen LogP) is 1.30. The van der Waals surface area contributed by atoms with Crippen LogP contribution in [0.4, 0.5) is 0 Å². The molecule has 1 rings (SSSR count). The van der Waals surface area contributed by atoms with Gasteiger partial charge < -0.3 is 15.9 Å². The minimum absolute atomic E-state index is 0.134. The highest BCUT2D eigenvalue weighted by atomic mass is 35.5. The topological polar surface area (TPSA) is 83.6 Å². The molecule has 0 heterocycles. The maximum absolute atomic E-state index is 10.8. The van der Waals surface area contributed by atoms with Crippen LogP contribution in [0.3, 0.4) is 0 Å². The molecule has 1 atom stereocenters. The zero-order chi connectivity index (χ0) is 10.9. The molecular weight excluding hydrogens is 206 g/mol. The van der Waals surface area contributed by atoms with Crippen LogP contribution in [0.15, 0.2) is 18.2 Å². The van der Waals surface area contributed by atoms with Gasteiger partial charge in [0.2, 0.25) is 0 Å². The number of hydrogen-bond donors (Lipinski definition) is 3. The molecule has 1 aromatic carbocycles. The quantitative estimate of drug-likeness (QED) is 0.695. The van der Waals surface area contributed by atoms with Crippen LogP contribution in [0, 0.1) is 0 Å². The second-order valence-electron chi connectivity index (χ2n) is 3.17. The lowest BCUT2D eigenvalue weighted by atomic mass is 9.93. The molecule has 0 aromatic heterocycles. The summed E-state index contributed by atoms with van der Waals surface area (Å²) in [6.07, 6.45) is 0. The standard InChI is InChI=1S/C9H10ClNO3/c1-9(11,8(13)14)6-3-2-5(10)4-7(6)12/h2-4,12H,11H2,1H3,(H,13,14). The van der Waals surface area contributed by atoms with Crippen molar-refractivity contribution in [2.45, 2.75) is 12.5 Å². The number of phenols is 1. The Labute approximate surface area is 85.9 Å². The highest BCUT2D eigenvalue weighted by Crippen LogP contribution is 2.29. The van der Waals surface area contributed by atoms with Gasteiger partial charge in [0.25, 0.3) is 0 Å². The first-order valence-corrected chi connectivity index (χ1v) is 4.24. The largest absolute Gasteiger partial charge is 0.508 e. The summed E-state index contributed by atoms with van der Waals surface area (Å²) in [5, 5.41) is 18.6. The average molecular weight is 216 g/mol. The normalized spacial score (nSPS) is 14.8. The van der Waals surface area contributed by atoms with Gasteiger partial charge in [-0.2, -0.15) is 0 Å². The van der Waals surface area contributed by atoms with Gasteiger partial charge in [0.15, 0.2) is 0 Å². The van der Waals surface area contributed by atoms with E-state index in [1.165, 1.54) is 25.1 Å². The molecule has 0 aliphatic rings. The van der Waals surface area contributed by atoms with Crippen LogP contribution in [0.1, 0.15) is 12.5 Å². The summed E-state index contributed by atoms with van der Waals surface area (Å²) >= 11 is 5.60. The third-order valence-electron chi connectivity index (χ3n) is 1.96. The van der Waals surface area contributed by atoms with E-state index in [0.29, 0.717) is 5.02 Å². The van der Waals surface area contributed by atoms with E-state index in [1.807, 2.05) is 0 Å². The molecular formula is C9H10ClNO3. The number of hydrogen-bond acceptors (Lipinski definition) is 3. The zero-order valence-electron chi connectivity index (χ0n) is 7.49. The summed E-state index contributed by atoms with van der Waals surface area (Å²) in [6, 6.07) is 4.13. The Morgan fingerprint density at radius 2 is 2.14 bits per heavy atom. The third kappa shape index (κ3) is 1.81. The number of carbonyl (C=O) groups is 1. The van der Waals surface area contributed by atoms with Crippen molar-refractivity contribution in [1.29, 1.82) is 0 Å². The van der Waals surface area contributed by atoms with Crippen molar-refractivity contribution < 1.29 is 15.0 Å². The van der Waals surface area contributed by atoms with Gasteiger partial charge in [0.1, 0.15) is 11.3 Å². The van der Waals surface area contributed by atoms with E-state index in [2.05, 4.69) is 0 Å². The Hall–Kier alpha value is -1.26. The number of carboxylic acid groups (broad SMARTS) is 1. The Morgan fingerprint density at radius 3 is 2.57 bits per heavy atom. The molecule has 4 nitrogen and oxygen atoms in total. The first kappa shape index (κ1) is 10.8. The molecule has 0 bridgehead atoms. The van der Waals surface area contributed by atoms with Crippen LogP contribution >= 0.6 is 11.6 Å². The summed E-state index contributed by atoms with van der Waals surface area (Å²) in [4.78, 5) is 10.8. The molecule has 1 unspecified atom stereocenters. The van der Waals surface area contributed by atoms with E-state index >= 15 is 0 Å². The number of aromatic hydroxyl groups is 1. The number of carboxylic acids is 1. The Balaban J connectivity index is 3.26. The third-order valence-corrected chi connectivity index (χ3v) is 2.20. The van der Waals surface area contributed by atoms with Gasteiger partial charge in [0, 0.05) is 10.6 Å². The summed E-state index contributed by atoms with van der Waals surface area (Å²) in [5.74, 6) is -1.43.